The lowest BCUT2D eigenvalue weighted by atomic mass is 10.1. The summed E-state index contributed by atoms with van der Waals surface area (Å²) in [6.45, 7) is 4.89. The summed E-state index contributed by atoms with van der Waals surface area (Å²) in [6, 6.07) is 13.1. The molecule has 0 aliphatic rings. The van der Waals surface area contributed by atoms with Gasteiger partial charge in [-0.15, -0.1) is 0 Å². The quantitative estimate of drug-likeness (QED) is 0.551. The number of para-hydroxylation sites is 2. The first-order valence-corrected chi connectivity index (χ1v) is 9.88. The number of carbonyl (C=O) groups is 1. The van der Waals surface area contributed by atoms with Gasteiger partial charge in [0, 0.05) is 16.9 Å². The Labute approximate surface area is 172 Å². The van der Waals surface area contributed by atoms with Gasteiger partial charge in [-0.25, -0.2) is 4.68 Å². The fourth-order valence-electron chi connectivity index (χ4n) is 2.81. The van der Waals surface area contributed by atoms with E-state index in [1.54, 1.807) is 10.9 Å². The lowest BCUT2D eigenvalue weighted by Gasteiger charge is -2.15. The van der Waals surface area contributed by atoms with Crippen molar-refractivity contribution < 1.29 is 14.3 Å². The zero-order valence-corrected chi connectivity index (χ0v) is 17.4. The monoisotopic (exact) mass is 443 g/mol. The van der Waals surface area contributed by atoms with Gasteiger partial charge in [-0.2, -0.15) is 5.10 Å². The van der Waals surface area contributed by atoms with Crippen LogP contribution in [-0.2, 0) is 11.2 Å². The number of rotatable bonds is 8. The minimum Gasteiger partial charge on any atom is -0.490 e. The van der Waals surface area contributed by atoms with Crippen LogP contribution in [0, 0.1) is 0 Å². The Morgan fingerprint density at radius 2 is 1.82 bits per heavy atom. The molecule has 6 nitrogen and oxygen atoms in total. The molecule has 1 aromatic heterocycles. The SMILES string of the molecule is CCOc1cc(Br)c(CC(=O)Nc2ccccc2-n2cccn2)cc1OCC. The third-order valence-electron chi connectivity index (χ3n) is 3.99. The summed E-state index contributed by atoms with van der Waals surface area (Å²) in [6.07, 6.45) is 3.73. The number of ether oxygens (including phenoxy) is 2. The Balaban J connectivity index is 1.80. The Kier molecular flexibility index (Phi) is 6.71. The maximum atomic E-state index is 12.7. The number of nitrogens with one attached hydrogen (secondary N) is 1. The van der Waals surface area contributed by atoms with Gasteiger partial charge in [0.1, 0.15) is 0 Å². The molecule has 0 saturated carbocycles. The van der Waals surface area contributed by atoms with Crippen LogP contribution >= 0.6 is 15.9 Å². The number of nitrogens with zero attached hydrogens (tertiary/aromatic N) is 2. The van der Waals surface area contributed by atoms with Gasteiger partial charge in [0.2, 0.25) is 5.91 Å². The van der Waals surface area contributed by atoms with E-state index in [-0.39, 0.29) is 12.3 Å². The van der Waals surface area contributed by atoms with Crippen molar-refractivity contribution in [3.8, 4) is 17.2 Å². The molecule has 3 aromatic rings. The molecule has 2 aromatic carbocycles. The Bertz CT molecular complexity index is 942. The van der Waals surface area contributed by atoms with Crippen molar-refractivity contribution >= 4 is 27.5 Å². The van der Waals surface area contributed by atoms with Gasteiger partial charge in [-0.1, -0.05) is 28.1 Å². The summed E-state index contributed by atoms with van der Waals surface area (Å²) in [5, 5.41) is 7.21. The largest absolute Gasteiger partial charge is 0.490 e. The Morgan fingerprint density at radius 1 is 1.11 bits per heavy atom. The second-order valence-corrected chi connectivity index (χ2v) is 6.80. The Hall–Kier alpha value is -2.80. The van der Waals surface area contributed by atoms with Gasteiger partial charge < -0.3 is 14.8 Å². The molecule has 0 saturated heterocycles. The van der Waals surface area contributed by atoms with Crippen LogP contribution in [0.3, 0.4) is 0 Å². The second kappa shape index (κ2) is 9.41. The summed E-state index contributed by atoms with van der Waals surface area (Å²) >= 11 is 3.53. The van der Waals surface area contributed by atoms with Crippen molar-refractivity contribution in [2.45, 2.75) is 20.3 Å². The highest BCUT2D eigenvalue weighted by Crippen LogP contribution is 2.34. The van der Waals surface area contributed by atoms with Crippen molar-refractivity contribution in [2.24, 2.45) is 0 Å². The summed E-state index contributed by atoms with van der Waals surface area (Å²) in [4.78, 5) is 12.7. The van der Waals surface area contributed by atoms with Gasteiger partial charge in [-0.3, -0.25) is 4.79 Å². The number of carbonyl (C=O) groups excluding carboxylic acids is 1. The molecule has 0 atom stereocenters. The molecule has 146 valence electrons. The van der Waals surface area contributed by atoms with Gasteiger partial charge in [0.05, 0.1) is 31.0 Å². The van der Waals surface area contributed by atoms with Gasteiger partial charge >= 0.3 is 0 Å². The minimum atomic E-state index is -0.132. The summed E-state index contributed by atoms with van der Waals surface area (Å²) in [5.41, 5.74) is 2.32. The van der Waals surface area contributed by atoms with E-state index < -0.39 is 0 Å². The van der Waals surface area contributed by atoms with E-state index in [9.17, 15) is 4.79 Å². The number of halogens is 1. The molecule has 28 heavy (non-hydrogen) atoms. The lowest BCUT2D eigenvalue weighted by molar-refractivity contribution is -0.115. The van der Waals surface area contributed by atoms with Crippen LogP contribution in [0.15, 0.2) is 59.3 Å². The fourth-order valence-corrected chi connectivity index (χ4v) is 3.27. The number of hydrogen-bond acceptors (Lipinski definition) is 4. The van der Waals surface area contributed by atoms with E-state index in [1.165, 1.54) is 0 Å². The average molecular weight is 444 g/mol. The van der Waals surface area contributed by atoms with Crippen LogP contribution in [0.2, 0.25) is 0 Å². The molecule has 0 aliphatic carbocycles. The first-order chi connectivity index (χ1) is 13.6. The number of hydrogen-bond donors (Lipinski definition) is 1. The molecule has 0 aliphatic heterocycles. The predicted molar refractivity (Wildman–Crippen MR) is 112 cm³/mol. The van der Waals surface area contributed by atoms with Crippen molar-refractivity contribution in [1.29, 1.82) is 0 Å². The smallest absolute Gasteiger partial charge is 0.228 e. The molecular weight excluding hydrogens is 422 g/mol. The molecule has 0 unspecified atom stereocenters. The van der Waals surface area contributed by atoms with Gasteiger partial charge in [0.15, 0.2) is 11.5 Å². The van der Waals surface area contributed by atoms with Gasteiger partial charge in [0.25, 0.3) is 0 Å². The van der Waals surface area contributed by atoms with Crippen molar-refractivity contribution in [1.82, 2.24) is 9.78 Å². The first-order valence-electron chi connectivity index (χ1n) is 9.09. The van der Waals surface area contributed by atoms with E-state index >= 15 is 0 Å². The van der Waals surface area contributed by atoms with E-state index in [4.69, 9.17) is 9.47 Å². The molecule has 1 N–H and O–H groups in total. The van der Waals surface area contributed by atoms with Crippen molar-refractivity contribution in [3.63, 3.8) is 0 Å². The molecule has 0 radical (unpaired) electrons. The molecule has 1 heterocycles. The molecule has 7 heteroatoms. The average Bonchev–Trinajstić information content (AvgIpc) is 3.20. The minimum absolute atomic E-state index is 0.132. The van der Waals surface area contributed by atoms with Crippen LogP contribution in [0.4, 0.5) is 5.69 Å². The molecule has 1 amide bonds. The van der Waals surface area contributed by atoms with Crippen LogP contribution < -0.4 is 14.8 Å². The number of aromatic nitrogens is 2. The van der Waals surface area contributed by atoms with Crippen molar-refractivity contribution in [3.05, 3.63) is 64.9 Å². The Morgan fingerprint density at radius 3 is 2.50 bits per heavy atom. The highest BCUT2D eigenvalue weighted by atomic mass is 79.9. The lowest BCUT2D eigenvalue weighted by Crippen LogP contribution is -2.16. The second-order valence-electron chi connectivity index (χ2n) is 5.95. The molecule has 0 bridgehead atoms. The standard InChI is InChI=1S/C21H22BrN3O3/c1-3-27-19-12-15(16(22)14-20(19)28-4-2)13-21(26)24-17-8-5-6-9-18(17)25-11-7-10-23-25/h5-12,14H,3-4,13H2,1-2H3,(H,24,26). The molecule has 0 spiro atoms. The van der Waals surface area contributed by atoms with E-state index in [0.29, 0.717) is 30.4 Å². The third kappa shape index (κ3) is 4.72. The molecule has 0 fully saturated rings. The van der Waals surface area contributed by atoms with E-state index in [0.717, 1.165) is 15.7 Å². The molecular formula is C21H22BrN3O3. The highest BCUT2D eigenvalue weighted by molar-refractivity contribution is 9.10. The maximum absolute atomic E-state index is 12.7. The topological polar surface area (TPSA) is 65.4 Å². The highest BCUT2D eigenvalue weighted by Gasteiger charge is 2.15. The van der Waals surface area contributed by atoms with Crippen LogP contribution in [-0.4, -0.2) is 28.9 Å². The van der Waals surface area contributed by atoms with E-state index in [1.807, 2.05) is 62.5 Å². The van der Waals surface area contributed by atoms with Crippen LogP contribution in [0.5, 0.6) is 11.5 Å². The zero-order valence-electron chi connectivity index (χ0n) is 15.8. The van der Waals surface area contributed by atoms with Gasteiger partial charge in [-0.05, 0) is 49.7 Å². The number of anilines is 1. The third-order valence-corrected chi connectivity index (χ3v) is 4.73. The number of amides is 1. The van der Waals surface area contributed by atoms with E-state index in [2.05, 4.69) is 26.3 Å². The maximum Gasteiger partial charge on any atom is 0.228 e. The first kappa shape index (κ1) is 19.9. The van der Waals surface area contributed by atoms with Crippen LogP contribution in [0.1, 0.15) is 19.4 Å². The summed E-state index contributed by atoms with van der Waals surface area (Å²) < 4.78 is 13.8. The number of benzene rings is 2. The summed E-state index contributed by atoms with van der Waals surface area (Å²) in [7, 11) is 0. The van der Waals surface area contributed by atoms with Crippen molar-refractivity contribution in [2.75, 3.05) is 18.5 Å². The summed E-state index contributed by atoms with van der Waals surface area (Å²) in [5.74, 6) is 1.16. The predicted octanol–water partition coefficient (Wildman–Crippen LogP) is 4.61. The fraction of sp³-hybridized carbons (Fsp3) is 0.238. The zero-order chi connectivity index (χ0) is 19.9. The van der Waals surface area contributed by atoms with Crippen LogP contribution in [0.25, 0.3) is 5.69 Å². The normalized spacial score (nSPS) is 10.5. The molecule has 3 rings (SSSR count).